The van der Waals surface area contributed by atoms with Crippen LogP contribution in [-0.4, -0.2) is 31.5 Å². The van der Waals surface area contributed by atoms with Crippen LogP contribution in [0.3, 0.4) is 0 Å². The summed E-state index contributed by atoms with van der Waals surface area (Å²) < 4.78 is 17.4. The maximum atomic E-state index is 6.01. The predicted molar refractivity (Wildman–Crippen MR) is 64.2 cm³/mol. The molecule has 0 atom stereocenters. The van der Waals surface area contributed by atoms with Gasteiger partial charge in [0.25, 0.3) is 0 Å². The summed E-state index contributed by atoms with van der Waals surface area (Å²) in [4.78, 5) is 0. The molecule has 3 nitrogen and oxygen atoms in total. The number of allylic oxidation sites excluding steroid dienone is 1. The lowest BCUT2D eigenvalue weighted by atomic mass is 9.75. The molecule has 0 aliphatic carbocycles. The zero-order valence-corrected chi connectivity index (χ0v) is 10.7. The minimum atomic E-state index is -0.244. The first kappa shape index (κ1) is 12.2. The van der Waals surface area contributed by atoms with Crippen LogP contribution < -0.4 is 0 Å². The lowest BCUT2D eigenvalue weighted by Crippen LogP contribution is -2.41. The average molecular weight is 224 g/mol. The van der Waals surface area contributed by atoms with Crippen molar-refractivity contribution in [3.05, 3.63) is 11.5 Å². The number of rotatable bonds is 1. The Hall–Kier alpha value is -0.315. The van der Waals surface area contributed by atoms with Gasteiger partial charge in [0.2, 0.25) is 0 Å². The monoisotopic (exact) mass is 224 g/mol. The van der Waals surface area contributed by atoms with E-state index in [1.165, 1.54) is 5.47 Å². The highest BCUT2D eigenvalue weighted by molar-refractivity contribution is 6.54. The van der Waals surface area contributed by atoms with Gasteiger partial charge >= 0.3 is 7.12 Å². The minimum Gasteiger partial charge on any atom is -0.400 e. The third kappa shape index (κ3) is 2.19. The lowest BCUT2D eigenvalue weighted by molar-refractivity contribution is 0.00578. The Morgan fingerprint density at radius 3 is 2.38 bits per heavy atom. The van der Waals surface area contributed by atoms with Crippen molar-refractivity contribution in [2.24, 2.45) is 0 Å². The van der Waals surface area contributed by atoms with Crippen molar-refractivity contribution in [3.63, 3.8) is 0 Å². The van der Waals surface area contributed by atoms with Crippen LogP contribution in [0.2, 0.25) is 0 Å². The second kappa shape index (κ2) is 4.17. The van der Waals surface area contributed by atoms with Crippen molar-refractivity contribution >= 4 is 7.12 Å². The van der Waals surface area contributed by atoms with E-state index in [1.54, 1.807) is 0 Å². The molecule has 90 valence electrons. The molecule has 2 aliphatic heterocycles. The molecule has 1 fully saturated rings. The van der Waals surface area contributed by atoms with Crippen molar-refractivity contribution in [2.75, 3.05) is 13.2 Å². The topological polar surface area (TPSA) is 27.7 Å². The average Bonchev–Trinajstić information content (AvgIpc) is 2.42. The SMILES string of the molecule is CC1(C)OB(C2=CCOCCC2)OC1(C)C. The quantitative estimate of drug-likeness (QED) is 0.640. The molecule has 0 spiro atoms. The van der Waals surface area contributed by atoms with Gasteiger partial charge in [0.05, 0.1) is 17.8 Å². The number of ether oxygens (including phenoxy) is 1. The van der Waals surface area contributed by atoms with E-state index in [0.717, 1.165) is 19.4 Å². The molecule has 0 aromatic heterocycles. The first-order valence-corrected chi connectivity index (χ1v) is 6.05. The van der Waals surface area contributed by atoms with E-state index in [2.05, 4.69) is 33.8 Å². The smallest absolute Gasteiger partial charge is 0.400 e. The van der Waals surface area contributed by atoms with Crippen molar-refractivity contribution < 1.29 is 14.0 Å². The van der Waals surface area contributed by atoms with Crippen molar-refractivity contribution in [2.45, 2.75) is 51.7 Å². The van der Waals surface area contributed by atoms with E-state index in [-0.39, 0.29) is 18.3 Å². The Kier molecular flexibility index (Phi) is 3.17. The van der Waals surface area contributed by atoms with Gasteiger partial charge in [0.15, 0.2) is 0 Å². The van der Waals surface area contributed by atoms with Gasteiger partial charge in [-0.1, -0.05) is 6.08 Å². The standard InChI is InChI=1S/C12H21BO3/c1-11(2)12(3,4)16-13(15-11)10-6-5-8-14-9-7-10/h7H,5-6,8-9H2,1-4H3. The van der Waals surface area contributed by atoms with E-state index in [4.69, 9.17) is 14.0 Å². The normalized spacial score (nSPS) is 28.8. The van der Waals surface area contributed by atoms with E-state index in [0.29, 0.717) is 6.61 Å². The third-order valence-corrected chi connectivity index (χ3v) is 3.77. The zero-order valence-electron chi connectivity index (χ0n) is 10.7. The highest BCUT2D eigenvalue weighted by Gasteiger charge is 2.52. The molecule has 2 aliphatic rings. The summed E-state index contributed by atoms with van der Waals surface area (Å²) in [6, 6.07) is 0. The van der Waals surface area contributed by atoms with Crippen molar-refractivity contribution in [3.8, 4) is 0 Å². The van der Waals surface area contributed by atoms with E-state index in [1.807, 2.05) is 0 Å². The molecule has 0 aromatic rings. The summed E-state index contributed by atoms with van der Waals surface area (Å²) in [5, 5.41) is 0. The summed E-state index contributed by atoms with van der Waals surface area (Å²) in [5.74, 6) is 0. The number of hydrogen-bond donors (Lipinski definition) is 0. The van der Waals surface area contributed by atoms with Gasteiger partial charge < -0.3 is 14.0 Å². The Morgan fingerprint density at radius 1 is 1.12 bits per heavy atom. The third-order valence-electron chi connectivity index (χ3n) is 3.77. The van der Waals surface area contributed by atoms with Gasteiger partial charge in [-0.25, -0.2) is 0 Å². The van der Waals surface area contributed by atoms with Crippen LogP contribution >= 0.6 is 0 Å². The molecular weight excluding hydrogens is 203 g/mol. The van der Waals surface area contributed by atoms with Crippen LogP contribution in [0.5, 0.6) is 0 Å². The van der Waals surface area contributed by atoms with Gasteiger partial charge in [-0.05, 0) is 46.0 Å². The molecule has 0 aromatic carbocycles. The largest absolute Gasteiger partial charge is 0.490 e. The van der Waals surface area contributed by atoms with Gasteiger partial charge in [0.1, 0.15) is 0 Å². The van der Waals surface area contributed by atoms with Crippen LogP contribution in [0.1, 0.15) is 40.5 Å². The van der Waals surface area contributed by atoms with E-state index in [9.17, 15) is 0 Å². The van der Waals surface area contributed by atoms with E-state index < -0.39 is 0 Å². The van der Waals surface area contributed by atoms with Gasteiger partial charge in [0, 0.05) is 6.61 Å². The van der Waals surface area contributed by atoms with Crippen LogP contribution in [0, 0.1) is 0 Å². The second-order valence-corrected chi connectivity index (χ2v) is 5.55. The van der Waals surface area contributed by atoms with Gasteiger partial charge in [-0.3, -0.25) is 0 Å². The lowest BCUT2D eigenvalue weighted by Gasteiger charge is -2.32. The molecule has 1 saturated heterocycles. The van der Waals surface area contributed by atoms with Crippen LogP contribution in [0.15, 0.2) is 11.5 Å². The first-order chi connectivity index (χ1) is 7.42. The molecule has 0 saturated carbocycles. The maximum Gasteiger partial charge on any atom is 0.490 e. The molecule has 0 N–H and O–H groups in total. The summed E-state index contributed by atoms with van der Waals surface area (Å²) >= 11 is 0. The van der Waals surface area contributed by atoms with Crippen molar-refractivity contribution in [1.29, 1.82) is 0 Å². The highest BCUT2D eigenvalue weighted by Crippen LogP contribution is 2.39. The molecule has 0 unspecified atom stereocenters. The van der Waals surface area contributed by atoms with Gasteiger partial charge in [-0.2, -0.15) is 0 Å². The summed E-state index contributed by atoms with van der Waals surface area (Å²) in [7, 11) is -0.188. The molecule has 4 heteroatoms. The Balaban J connectivity index is 2.10. The second-order valence-electron chi connectivity index (χ2n) is 5.55. The first-order valence-electron chi connectivity index (χ1n) is 6.05. The molecular formula is C12H21BO3. The fraction of sp³-hybridized carbons (Fsp3) is 0.833. The molecule has 16 heavy (non-hydrogen) atoms. The molecule has 2 heterocycles. The van der Waals surface area contributed by atoms with Gasteiger partial charge in [-0.15, -0.1) is 0 Å². The molecule has 0 radical (unpaired) electrons. The van der Waals surface area contributed by atoms with E-state index >= 15 is 0 Å². The fourth-order valence-electron chi connectivity index (χ4n) is 1.94. The Morgan fingerprint density at radius 2 is 1.75 bits per heavy atom. The zero-order chi connectivity index (χ0) is 11.8. The van der Waals surface area contributed by atoms with Crippen molar-refractivity contribution in [1.82, 2.24) is 0 Å². The van der Waals surface area contributed by atoms with Crippen LogP contribution in [-0.2, 0) is 14.0 Å². The minimum absolute atomic E-state index is 0.188. The highest BCUT2D eigenvalue weighted by atomic mass is 16.7. The summed E-state index contributed by atoms with van der Waals surface area (Å²) in [5.41, 5.74) is 0.744. The fourth-order valence-corrected chi connectivity index (χ4v) is 1.94. The summed E-state index contributed by atoms with van der Waals surface area (Å²) in [6.45, 7) is 9.85. The Bertz CT molecular complexity index is 281. The molecule has 0 bridgehead atoms. The Labute approximate surface area is 98.3 Å². The van der Waals surface area contributed by atoms with Crippen LogP contribution in [0.25, 0.3) is 0 Å². The summed E-state index contributed by atoms with van der Waals surface area (Å²) in [6.07, 6.45) is 4.17. The molecule has 0 amide bonds. The van der Waals surface area contributed by atoms with Crippen LogP contribution in [0.4, 0.5) is 0 Å². The predicted octanol–water partition coefficient (Wildman–Crippen LogP) is 2.35. The number of hydrogen-bond acceptors (Lipinski definition) is 3. The molecule has 2 rings (SSSR count). The maximum absolute atomic E-state index is 6.01.